The molecule has 0 aromatic carbocycles. The highest BCUT2D eigenvalue weighted by molar-refractivity contribution is 5.03. The summed E-state index contributed by atoms with van der Waals surface area (Å²) >= 11 is 0. The van der Waals surface area contributed by atoms with E-state index in [2.05, 4.69) is 20.8 Å². The zero-order chi connectivity index (χ0) is 14.9. The topological polar surface area (TPSA) is 55.5 Å². The van der Waals surface area contributed by atoms with Crippen molar-refractivity contribution in [3.63, 3.8) is 0 Å². The molecule has 2 unspecified atom stereocenters. The molecule has 0 aliphatic heterocycles. The van der Waals surface area contributed by atoms with Crippen LogP contribution in [0.15, 0.2) is 0 Å². The standard InChI is InChI=1S/C16H33NO2/c1-12(19-6)15(5,18)16(11-17)9-7-13(8-10-16)14(2,3)4/h12-13,18H,7-11,17H2,1-6H3. The molecule has 0 aromatic rings. The quantitative estimate of drug-likeness (QED) is 0.826. The van der Waals surface area contributed by atoms with Crippen molar-refractivity contribution in [3.05, 3.63) is 0 Å². The van der Waals surface area contributed by atoms with Crippen LogP contribution in [-0.2, 0) is 4.74 Å². The lowest BCUT2D eigenvalue weighted by molar-refractivity contribution is -0.166. The third-order valence-corrected chi connectivity index (χ3v) is 5.78. The van der Waals surface area contributed by atoms with Crippen molar-refractivity contribution < 1.29 is 9.84 Å². The highest BCUT2D eigenvalue weighted by Gasteiger charge is 2.51. The normalized spacial score (nSPS) is 33.8. The Morgan fingerprint density at radius 1 is 1.26 bits per heavy atom. The lowest BCUT2D eigenvalue weighted by atomic mass is 9.57. The van der Waals surface area contributed by atoms with Crippen molar-refractivity contribution in [1.29, 1.82) is 0 Å². The molecule has 3 nitrogen and oxygen atoms in total. The van der Waals surface area contributed by atoms with Gasteiger partial charge in [0.05, 0.1) is 11.7 Å². The molecule has 2 atom stereocenters. The van der Waals surface area contributed by atoms with Gasteiger partial charge in [0, 0.05) is 19.1 Å². The van der Waals surface area contributed by atoms with Crippen LogP contribution in [0.1, 0.15) is 60.3 Å². The van der Waals surface area contributed by atoms with Crippen molar-refractivity contribution in [3.8, 4) is 0 Å². The summed E-state index contributed by atoms with van der Waals surface area (Å²) in [6, 6.07) is 0. The average Bonchev–Trinajstić information content (AvgIpc) is 2.36. The summed E-state index contributed by atoms with van der Waals surface area (Å²) in [4.78, 5) is 0. The Balaban J connectivity index is 2.86. The molecule has 1 fully saturated rings. The smallest absolute Gasteiger partial charge is 0.0945 e. The van der Waals surface area contributed by atoms with Gasteiger partial charge in [0.1, 0.15) is 0 Å². The predicted molar refractivity (Wildman–Crippen MR) is 80.0 cm³/mol. The Bertz CT molecular complexity index is 286. The van der Waals surface area contributed by atoms with Crippen molar-refractivity contribution >= 4 is 0 Å². The fraction of sp³-hybridized carbons (Fsp3) is 1.00. The largest absolute Gasteiger partial charge is 0.387 e. The Labute approximate surface area is 118 Å². The highest BCUT2D eigenvalue weighted by atomic mass is 16.5. The molecule has 3 heteroatoms. The van der Waals surface area contributed by atoms with Gasteiger partial charge in [-0.2, -0.15) is 0 Å². The molecule has 1 rings (SSSR count). The molecule has 0 radical (unpaired) electrons. The van der Waals surface area contributed by atoms with Crippen LogP contribution in [-0.4, -0.2) is 30.5 Å². The van der Waals surface area contributed by atoms with Crippen molar-refractivity contribution in [2.75, 3.05) is 13.7 Å². The summed E-state index contributed by atoms with van der Waals surface area (Å²) in [6.07, 6.45) is 4.08. The molecule has 0 amide bonds. The third-order valence-electron chi connectivity index (χ3n) is 5.78. The van der Waals surface area contributed by atoms with E-state index in [0.717, 1.165) is 31.6 Å². The van der Waals surface area contributed by atoms with Crippen LogP contribution in [0.25, 0.3) is 0 Å². The molecule has 3 N–H and O–H groups in total. The van der Waals surface area contributed by atoms with Crippen LogP contribution in [0.3, 0.4) is 0 Å². The van der Waals surface area contributed by atoms with Gasteiger partial charge in [-0.05, 0) is 50.9 Å². The van der Waals surface area contributed by atoms with E-state index in [1.165, 1.54) is 0 Å². The first-order chi connectivity index (χ1) is 8.60. The molecule has 0 aromatic heterocycles. The van der Waals surface area contributed by atoms with Gasteiger partial charge in [-0.25, -0.2) is 0 Å². The maximum atomic E-state index is 10.9. The van der Waals surface area contributed by atoms with Gasteiger partial charge < -0.3 is 15.6 Å². The van der Waals surface area contributed by atoms with Crippen LogP contribution in [0.5, 0.6) is 0 Å². The maximum absolute atomic E-state index is 10.9. The maximum Gasteiger partial charge on any atom is 0.0945 e. The summed E-state index contributed by atoms with van der Waals surface area (Å²) in [5.74, 6) is 0.723. The van der Waals surface area contributed by atoms with Crippen LogP contribution in [0.4, 0.5) is 0 Å². The molecular weight excluding hydrogens is 238 g/mol. The average molecular weight is 271 g/mol. The zero-order valence-corrected chi connectivity index (χ0v) is 13.6. The summed E-state index contributed by atoms with van der Waals surface area (Å²) < 4.78 is 5.38. The van der Waals surface area contributed by atoms with E-state index in [9.17, 15) is 5.11 Å². The van der Waals surface area contributed by atoms with E-state index < -0.39 is 5.60 Å². The van der Waals surface area contributed by atoms with E-state index in [4.69, 9.17) is 10.5 Å². The number of methoxy groups -OCH3 is 1. The minimum Gasteiger partial charge on any atom is -0.387 e. The summed E-state index contributed by atoms with van der Waals surface area (Å²) in [5.41, 5.74) is 5.34. The molecule has 0 saturated heterocycles. The number of aliphatic hydroxyl groups is 1. The Kier molecular flexibility index (Phi) is 5.09. The first-order valence-corrected chi connectivity index (χ1v) is 7.56. The Morgan fingerprint density at radius 3 is 2.05 bits per heavy atom. The van der Waals surface area contributed by atoms with Gasteiger partial charge in [-0.1, -0.05) is 20.8 Å². The van der Waals surface area contributed by atoms with Gasteiger partial charge in [0.2, 0.25) is 0 Å². The molecule has 0 spiro atoms. The first kappa shape index (κ1) is 16.9. The fourth-order valence-electron chi connectivity index (χ4n) is 3.61. The molecular formula is C16H33NO2. The Hall–Kier alpha value is -0.120. The summed E-state index contributed by atoms with van der Waals surface area (Å²) in [6.45, 7) is 11.3. The number of nitrogens with two attached hydrogens (primary N) is 1. The minimum absolute atomic E-state index is 0.192. The van der Waals surface area contributed by atoms with Crippen LogP contribution < -0.4 is 5.73 Å². The molecule has 1 aliphatic carbocycles. The minimum atomic E-state index is -0.862. The summed E-state index contributed by atoms with van der Waals surface area (Å²) in [5, 5.41) is 10.9. The molecule has 19 heavy (non-hydrogen) atoms. The second kappa shape index (κ2) is 5.71. The molecule has 114 valence electrons. The van der Waals surface area contributed by atoms with Crippen molar-refractivity contribution in [2.24, 2.45) is 22.5 Å². The molecule has 0 heterocycles. The third kappa shape index (κ3) is 3.14. The second-order valence-electron chi connectivity index (χ2n) is 7.65. The van der Waals surface area contributed by atoms with E-state index in [0.29, 0.717) is 12.0 Å². The zero-order valence-electron chi connectivity index (χ0n) is 13.6. The summed E-state index contributed by atoms with van der Waals surface area (Å²) in [7, 11) is 1.66. The van der Waals surface area contributed by atoms with Crippen LogP contribution in [0, 0.1) is 16.7 Å². The number of hydrogen-bond donors (Lipinski definition) is 2. The molecule has 0 bridgehead atoms. The Morgan fingerprint density at radius 2 is 1.74 bits per heavy atom. The molecule has 1 saturated carbocycles. The lowest BCUT2D eigenvalue weighted by Gasteiger charge is -2.52. The number of rotatable bonds is 4. The van der Waals surface area contributed by atoms with Crippen LogP contribution in [0.2, 0.25) is 0 Å². The van der Waals surface area contributed by atoms with Gasteiger partial charge in [0.25, 0.3) is 0 Å². The van der Waals surface area contributed by atoms with E-state index in [1.54, 1.807) is 7.11 Å². The first-order valence-electron chi connectivity index (χ1n) is 7.56. The van der Waals surface area contributed by atoms with Gasteiger partial charge in [-0.15, -0.1) is 0 Å². The highest BCUT2D eigenvalue weighted by Crippen LogP contribution is 2.51. The van der Waals surface area contributed by atoms with E-state index in [-0.39, 0.29) is 11.5 Å². The van der Waals surface area contributed by atoms with Gasteiger partial charge >= 0.3 is 0 Å². The van der Waals surface area contributed by atoms with Gasteiger partial charge in [-0.3, -0.25) is 0 Å². The fourth-order valence-corrected chi connectivity index (χ4v) is 3.61. The molecule has 1 aliphatic rings. The SMILES string of the molecule is COC(C)C(C)(O)C1(CN)CCC(C(C)(C)C)CC1. The second-order valence-corrected chi connectivity index (χ2v) is 7.65. The van der Waals surface area contributed by atoms with E-state index >= 15 is 0 Å². The monoisotopic (exact) mass is 271 g/mol. The number of hydrogen-bond acceptors (Lipinski definition) is 3. The van der Waals surface area contributed by atoms with E-state index in [1.807, 2.05) is 13.8 Å². The van der Waals surface area contributed by atoms with Crippen LogP contribution >= 0.6 is 0 Å². The number of ether oxygens (including phenoxy) is 1. The lowest BCUT2D eigenvalue weighted by Crippen LogP contribution is -2.58. The van der Waals surface area contributed by atoms with Crippen molar-refractivity contribution in [2.45, 2.75) is 72.0 Å². The predicted octanol–water partition coefficient (Wildman–Crippen LogP) is 2.95. The van der Waals surface area contributed by atoms with Crippen molar-refractivity contribution in [1.82, 2.24) is 0 Å². The van der Waals surface area contributed by atoms with Gasteiger partial charge in [0.15, 0.2) is 0 Å².